The summed E-state index contributed by atoms with van der Waals surface area (Å²) in [5, 5.41) is 3.48. The number of likely N-dealkylation sites (tertiary alicyclic amines) is 1. The molecule has 2 aliphatic rings. The summed E-state index contributed by atoms with van der Waals surface area (Å²) in [5.74, 6) is 2.78. The molecule has 1 spiro atoms. The second kappa shape index (κ2) is 9.50. The Morgan fingerprint density at radius 3 is 2.48 bits per heavy atom. The van der Waals surface area contributed by atoms with E-state index in [4.69, 9.17) is 9.47 Å². The van der Waals surface area contributed by atoms with Crippen LogP contribution in [0.3, 0.4) is 0 Å². The van der Waals surface area contributed by atoms with Gasteiger partial charge in [0.25, 0.3) is 0 Å². The molecule has 0 aromatic heterocycles. The third kappa shape index (κ3) is 5.15. The monoisotopic (exact) mass is 459 g/mol. The highest BCUT2D eigenvalue weighted by molar-refractivity contribution is 14.0. The average molecular weight is 459 g/mol. The minimum atomic E-state index is 0. The molecule has 2 fully saturated rings. The van der Waals surface area contributed by atoms with E-state index in [-0.39, 0.29) is 24.0 Å². The van der Waals surface area contributed by atoms with Gasteiger partial charge >= 0.3 is 0 Å². The van der Waals surface area contributed by atoms with Crippen LogP contribution in [0.1, 0.15) is 32.1 Å². The fourth-order valence-electron chi connectivity index (χ4n) is 3.67. The molecule has 1 heterocycles. The number of aliphatic imine (C=N–C) groups is 1. The Morgan fingerprint density at radius 1 is 1.20 bits per heavy atom. The summed E-state index contributed by atoms with van der Waals surface area (Å²) in [6, 6.07) is 7.71. The van der Waals surface area contributed by atoms with E-state index in [9.17, 15) is 0 Å². The first-order valence-electron chi connectivity index (χ1n) is 8.97. The zero-order valence-electron chi connectivity index (χ0n) is 15.3. The van der Waals surface area contributed by atoms with Gasteiger partial charge in [0.15, 0.2) is 5.96 Å². The van der Waals surface area contributed by atoms with Gasteiger partial charge in [-0.15, -0.1) is 24.0 Å². The largest absolute Gasteiger partial charge is 0.497 e. The first kappa shape index (κ1) is 20.1. The summed E-state index contributed by atoms with van der Waals surface area (Å²) in [4.78, 5) is 6.87. The molecule has 25 heavy (non-hydrogen) atoms. The Kier molecular flexibility index (Phi) is 7.65. The van der Waals surface area contributed by atoms with Crippen LogP contribution in [0.25, 0.3) is 0 Å². The molecule has 5 nitrogen and oxygen atoms in total. The molecule has 1 N–H and O–H groups in total. The third-order valence-corrected chi connectivity index (χ3v) is 5.30. The van der Waals surface area contributed by atoms with E-state index in [0.717, 1.165) is 37.0 Å². The van der Waals surface area contributed by atoms with Crippen LogP contribution in [0.5, 0.6) is 11.5 Å². The highest BCUT2D eigenvalue weighted by Crippen LogP contribution is 2.47. The minimum Gasteiger partial charge on any atom is -0.497 e. The number of halogens is 1. The maximum atomic E-state index is 5.76. The number of ether oxygens (including phenoxy) is 2. The zero-order chi connectivity index (χ0) is 16.8. The van der Waals surface area contributed by atoms with Gasteiger partial charge in [0, 0.05) is 26.7 Å². The van der Waals surface area contributed by atoms with Crippen molar-refractivity contribution in [2.24, 2.45) is 10.4 Å². The normalized spacial score (nSPS) is 18.5. The SMILES string of the molecule is CN=C(NCCCOc1ccc(OC)cc1)N1CCC2(CCC2)C1.I. The van der Waals surface area contributed by atoms with Gasteiger partial charge in [0.1, 0.15) is 11.5 Å². The Morgan fingerprint density at radius 2 is 1.92 bits per heavy atom. The molecule has 0 amide bonds. The molecular formula is C19H30IN3O2. The van der Waals surface area contributed by atoms with Crippen LogP contribution in [0.15, 0.2) is 29.3 Å². The predicted molar refractivity (Wildman–Crippen MR) is 112 cm³/mol. The molecule has 0 radical (unpaired) electrons. The number of hydrogen-bond donors (Lipinski definition) is 1. The molecule has 140 valence electrons. The highest BCUT2D eigenvalue weighted by Gasteiger charge is 2.43. The zero-order valence-corrected chi connectivity index (χ0v) is 17.6. The standard InChI is InChI=1S/C19H29N3O2.HI/c1-20-18(22-13-11-19(15-22)9-3-10-19)21-12-4-14-24-17-7-5-16(23-2)6-8-17;/h5-8H,3-4,9-15H2,1-2H3,(H,20,21);1H. The summed E-state index contributed by atoms with van der Waals surface area (Å²) in [5.41, 5.74) is 0.606. The van der Waals surface area contributed by atoms with Gasteiger partial charge in [-0.2, -0.15) is 0 Å². The molecule has 0 atom stereocenters. The quantitative estimate of drug-likeness (QED) is 0.306. The smallest absolute Gasteiger partial charge is 0.193 e. The highest BCUT2D eigenvalue weighted by atomic mass is 127. The lowest BCUT2D eigenvalue weighted by Gasteiger charge is -2.38. The molecule has 0 unspecified atom stereocenters. The maximum absolute atomic E-state index is 5.76. The van der Waals surface area contributed by atoms with Crippen molar-refractivity contribution in [1.29, 1.82) is 0 Å². The van der Waals surface area contributed by atoms with Crippen LogP contribution in [0.4, 0.5) is 0 Å². The number of rotatable bonds is 6. The van der Waals surface area contributed by atoms with Crippen molar-refractivity contribution in [3.05, 3.63) is 24.3 Å². The van der Waals surface area contributed by atoms with E-state index < -0.39 is 0 Å². The Balaban J connectivity index is 0.00000225. The number of methoxy groups -OCH3 is 1. The van der Waals surface area contributed by atoms with Crippen LogP contribution >= 0.6 is 24.0 Å². The van der Waals surface area contributed by atoms with Gasteiger partial charge in [0.2, 0.25) is 0 Å². The number of benzene rings is 1. The first-order chi connectivity index (χ1) is 11.7. The van der Waals surface area contributed by atoms with E-state index in [1.165, 1.54) is 32.2 Å². The topological polar surface area (TPSA) is 46.1 Å². The molecule has 0 bridgehead atoms. The second-order valence-electron chi connectivity index (χ2n) is 6.88. The van der Waals surface area contributed by atoms with E-state index in [0.29, 0.717) is 12.0 Å². The fraction of sp³-hybridized carbons (Fsp3) is 0.632. The van der Waals surface area contributed by atoms with Crippen molar-refractivity contribution < 1.29 is 9.47 Å². The first-order valence-corrected chi connectivity index (χ1v) is 8.97. The van der Waals surface area contributed by atoms with Crippen molar-refractivity contribution in [2.75, 3.05) is 40.4 Å². The van der Waals surface area contributed by atoms with Crippen molar-refractivity contribution in [1.82, 2.24) is 10.2 Å². The number of guanidine groups is 1. The molecule has 6 heteroatoms. The van der Waals surface area contributed by atoms with E-state index in [1.807, 2.05) is 31.3 Å². The summed E-state index contributed by atoms with van der Waals surface area (Å²) in [6.07, 6.45) is 6.48. The lowest BCUT2D eigenvalue weighted by molar-refractivity contribution is 0.151. The van der Waals surface area contributed by atoms with Crippen molar-refractivity contribution in [3.8, 4) is 11.5 Å². The summed E-state index contributed by atoms with van der Waals surface area (Å²) < 4.78 is 10.9. The van der Waals surface area contributed by atoms with Gasteiger partial charge < -0.3 is 19.7 Å². The second-order valence-corrected chi connectivity index (χ2v) is 6.88. The summed E-state index contributed by atoms with van der Waals surface area (Å²) >= 11 is 0. The molecule has 1 aromatic carbocycles. The van der Waals surface area contributed by atoms with Crippen LogP contribution in [0.2, 0.25) is 0 Å². The van der Waals surface area contributed by atoms with Gasteiger partial charge in [0.05, 0.1) is 13.7 Å². The van der Waals surface area contributed by atoms with E-state index >= 15 is 0 Å². The lowest BCUT2D eigenvalue weighted by Crippen LogP contribution is -2.43. The van der Waals surface area contributed by atoms with Crippen LogP contribution < -0.4 is 14.8 Å². The van der Waals surface area contributed by atoms with Crippen LogP contribution in [-0.2, 0) is 0 Å². The minimum absolute atomic E-state index is 0. The molecule has 1 aliphatic carbocycles. The predicted octanol–water partition coefficient (Wildman–Crippen LogP) is 3.53. The lowest BCUT2D eigenvalue weighted by atomic mass is 9.68. The van der Waals surface area contributed by atoms with Crippen molar-refractivity contribution in [3.63, 3.8) is 0 Å². The average Bonchev–Trinajstić information content (AvgIpc) is 3.04. The van der Waals surface area contributed by atoms with Gasteiger partial charge in [-0.25, -0.2) is 0 Å². The third-order valence-electron chi connectivity index (χ3n) is 5.30. The Labute approximate surface area is 168 Å². The van der Waals surface area contributed by atoms with Gasteiger partial charge in [-0.3, -0.25) is 4.99 Å². The van der Waals surface area contributed by atoms with Gasteiger partial charge in [-0.1, -0.05) is 6.42 Å². The molecule has 1 aromatic rings. The summed E-state index contributed by atoms with van der Waals surface area (Å²) in [6.45, 7) is 3.89. The molecule has 1 saturated heterocycles. The summed E-state index contributed by atoms with van der Waals surface area (Å²) in [7, 11) is 3.55. The van der Waals surface area contributed by atoms with Gasteiger partial charge in [-0.05, 0) is 55.4 Å². The van der Waals surface area contributed by atoms with Crippen LogP contribution in [0, 0.1) is 5.41 Å². The van der Waals surface area contributed by atoms with Crippen molar-refractivity contribution in [2.45, 2.75) is 32.1 Å². The van der Waals surface area contributed by atoms with E-state index in [1.54, 1.807) is 7.11 Å². The Bertz CT molecular complexity index is 558. The van der Waals surface area contributed by atoms with E-state index in [2.05, 4.69) is 15.2 Å². The number of hydrogen-bond acceptors (Lipinski definition) is 3. The maximum Gasteiger partial charge on any atom is 0.193 e. The molecular weight excluding hydrogens is 429 g/mol. The Hall–Kier alpha value is -1.18. The number of nitrogens with one attached hydrogen (secondary N) is 1. The molecule has 1 aliphatic heterocycles. The van der Waals surface area contributed by atoms with Crippen molar-refractivity contribution >= 4 is 29.9 Å². The molecule has 3 rings (SSSR count). The van der Waals surface area contributed by atoms with Crippen LogP contribution in [-0.4, -0.2) is 51.3 Å². The molecule has 1 saturated carbocycles. The fourth-order valence-corrected chi connectivity index (χ4v) is 3.67. The number of nitrogens with zero attached hydrogens (tertiary/aromatic N) is 2.